The minimum Gasteiger partial charge on any atom is -0.507 e. The molecular formula is C26H28O6. The fourth-order valence-electron chi connectivity index (χ4n) is 5.55. The molecule has 0 amide bonds. The summed E-state index contributed by atoms with van der Waals surface area (Å²) < 4.78 is 0. The van der Waals surface area contributed by atoms with Crippen LogP contribution >= 0.6 is 0 Å². The zero-order valence-electron chi connectivity index (χ0n) is 18.8. The van der Waals surface area contributed by atoms with E-state index in [-0.39, 0.29) is 28.9 Å². The monoisotopic (exact) mass is 436 g/mol. The molecule has 0 bridgehead atoms. The van der Waals surface area contributed by atoms with Crippen LogP contribution in [0.2, 0.25) is 0 Å². The van der Waals surface area contributed by atoms with Gasteiger partial charge < -0.3 is 15.3 Å². The summed E-state index contributed by atoms with van der Waals surface area (Å²) in [4.78, 5) is 38.7. The Labute approximate surface area is 187 Å². The van der Waals surface area contributed by atoms with Gasteiger partial charge in [-0.05, 0) is 69.6 Å². The van der Waals surface area contributed by atoms with Crippen molar-refractivity contribution in [2.24, 2.45) is 11.8 Å². The number of phenolic OH excluding ortho intramolecular Hbond substituents is 1. The van der Waals surface area contributed by atoms with E-state index in [9.17, 15) is 29.7 Å². The third-order valence-electron chi connectivity index (χ3n) is 7.29. The van der Waals surface area contributed by atoms with Gasteiger partial charge in [0.1, 0.15) is 11.5 Å². The molecule has 32 heavy (non-hydrogen) atoms. The van der Waals surface area contributed by atoms with Crippen molar-refractivity contribution in [3.05, 3.63) is 51.1 Å². The molecule has 4 rings (SSSR count). The van der Waals surface area contributed by atoms with Crippen LogP contribution in [-0.4, -0.2) is 38.3 Å². The maximum atomic E-state index is 13.5. The Kier molecular flexibility index (Phi) is 5.24. The minimum atomic E-state index is -2.37. The van der Waals surface area contributed by atoms with E-state index in [2.05, 4.69) is 0 Å². The van der Waals surface area contributed by atoms with Gasteiger partial charge >= 0.3 is 0 Å². The van der Waals surface area contributed by atoms with Gasteiger partial charge in [-0.2, -0.15) is 0 Å². The molecule has 1 aromatic rings. The van der Waals surface area contributed by atoms with Crippen molar-refractivity contribution >= 4 is 29.2 Å². The summed E-state index contributed by atoms with van der Waals surface area (Å²) >= 11 is 0. The van der Waals surface area contributed by atoms with E-state index in [1.165, 1.54) is 13.0 Å². The second-order valence-corrected chi connectivity index (χ2v) is 9.31. The third-order valence-corrected chi connectivity index (χ3v) is 7.29. The topological polar surface area (TPSA) is 112 Å². The van der Waals surface area contributed by atoms with Crippen molar-refractivity contribution in [1.82, 2.24) is 0 Å². The first kappa shape index (κ1) is 22.2. The van der Waals surface area contributed by atoms with Gasteiger partial charge in [0, 0.05) is 11.5 Å². The highest BCUT2D eigenvalue weighted by Gasteiger charge is 2.60. The van der Waals surface area contributed by atoms with Gasteiger partial charge in [0.15, 0.2) is 11.4 Å². The molecule has 0 aliphatic heterocycles. The second kappa shape index (κ2) is 7.55. The normalized spacial score (nSPS) is 27.8. The van der Waals surface area contributed by atoms with E-state index in [1.807, 2.05) is 19.9 Å². The van der Waals surface area contributed by atoms with Crippen LogP contribution in [0.3, 0.4) is 0 Å². The number of hydrogen-bond donors (Lipinski definition) is 3. The predicted octanol–water partition coefficient (Wildman–Crippen LogP) is 3.85. The SMILES string of the molecule is CC/C(C)=C/c1ccc(O)c2c1CC1CC3CC(C)=C(C(C)=O)C(=O)C3(O)C(=O)C1=C2O. The van der Waals surface area contributed by atoms with Crippen LogP contribution in [0.4, 0.5) is 0 Å². The van der Waals surface area contributed by atoms with Crippen molar-refractivity contribution < 1.29 is 29.7 Å². The van der Waals surface area contributed by atoms with Crippen LogP contribution in [0, 0.1) is 11.8 Å². The maximum absolute atomic E-state index is 13.5. The highest BCUT2D eigenvalue weighted by atomic mass is 16.3. The fourth-order valence-corrected chi connectivity index (χ4v) is 5.55. The summed E-state index contributed by atoms with van der Waals surface area (Å²) in [6.07, 6.45) is 3.85. The van der Waals surface area contributed by atoms with E-state index in [1.54, 1.807) is 13.0 Å². The van der Waals surface area contributed by atoms with Crippen molar-refractivity contribution in [2.45, 2.75) is 59.0 Å². The zero-order valence-corrected chi connectivity index (χ0v) is 18.8. The van der Waals surface area contributed by atoms with Gasteiger partial charge in [-0.1, -0.05) is 30.2 Å². The molecule has 6 nitrogen and oxygen atoms in total. The van der Waals surface area contributed by atoms with Crippen LogP contribution in [0.1, 0.15) is 63.6 Å². The van der Waals surface area contributed by atoms with Gasteiger partial charge in [0.25, 0.3) is 0 Å². The lowest BCUT2D eigenvalue weighted by Crippen LogP contribution is -2.61. The second-order valence-electron chi connectivity index (χ2n) is 9.31. The molecule has 3 atom stereocenters. The number of carbonyl (C=O) groups is 3. The molecule has 168 valence electrons. The molecule has 3 aliphatic rings. The average Bonchev–Trinajstić information content (AvgIpc) is 2.72. The summed E-state index contributed by atoms with van der Waals surface area (Å²) in [6.45, 7) is 6.98. The number of hydrogen-bond acceptors (Lipinski definition) is 6. The van der Waals surface area contributed by atoms with Gasteiger partial charge in [-0.15, -0.1) is 0 Å². The molecular weight excluding hydrogens is 408 g/mol. The number of allylic oxidation sites excluding steroid dienone is 2. The fraction of sp³-hybridized carbons (Fsp3) is 0.423. The molecule has 0 radical (unpaired) electrons. The lowest BCUT2D eigenvalue weighted by molar-refractivity contribution is -0.157. The zero-order chi connectivity index (χ0) is 23.5. The first-order chi connectivity index (χ1) is 15.0. The molecule has 0 saturated heterocycles. The van der Waals surface area contributed by atoms with Gasteiger partial charge in [0.2, 0.25) is 11.6 Å². The smallest absolute Gasteiger partial charge is 0.206 e. The average molecular weight is 437 g/mol. The molecule has 0 aromatic heterocycles. The standard InChI is InChI=1S/C26H28O6/c1-5-12(2)8-15-6-7-19(28)22-18(15)11-16-10-17-9-13(3)20(14(4)27)24(30)26(17,32)25(31)21(16)23(22)29/h6-8,16-17,28-29,32H,5,9-11H2,1-4H3/b12-8+. The van der Waals surface area contributed by atoms with Crippen LogP contribution in [0.5, 0.6) is 5.75 Å². The number of ketones is 3. The van der Waals surface area contributed by atoms with Gasteiger partial charge in [-0.25, -0.2) is 0 Å². The van der Waals surface area contributed by atoms with E-state index < -0.39 is 40.5 Å². The van der Waals surface area contributed by atoms with E-state index in [4.69, 9.17) is 0 Å². The summed E-state index contributed by atoms with van der Waals surface area (Å²) in [5.41, 5.74) is 0.976. The minimum absolute atomic E-state index is 0.0318. The highest BCUT2D eigenvalue weighted by Crippen LogP contribution is 2.51. The third kappa shape index (κ3) is 3.00. The van der Waals surface area contributed by atoms with Crippen LogP contribution < -0.4 is 0 Å². The van der Waals surface area contributed by atoms with Crippen molar-refractivity contribution in [2.75, 3.05) is 0 Å². The Bertz CT molecular complexity index is 1170. The van der Waals surface area contributed by atoms with Crippen molar-refractivity contribution in [1.29, 1.82) is 0 Å². The number of fused-ring (bicyclic) bond motifs is 3. The van der Waals surface area contributed by atoms with Crippen LogP contribution in [-0.2, 0) is 20.8 Å². The van der Waals surface area contributed by atoms with Crippen molar-refractivity contribution in [3.63, 3.8) is 0 Å². The maximum Gasteiger partial charge on any atom is 0.206 e. The largest absolute Gasteiger partial charge is 0.507 e. The van der Waals surface area contributed by atoms with Crippen molar-refractivity contribution in [3.8, 4) is 5.75 Å². The Hall–Kier alpha value is -2.99. The Morgan fingerprint density at radius 1 is 1.16 bits per heavy atom. The summed E-state index contributed by atoms with van der Waals surface area (Å²) in [5.74, 6) is -3.83. The van der Waals surface area contributed by atoms with E-state index >= 15 is 0 Å². The van der Waals surface area contributed by atoms with E-state index in [0.29, 0.717) is 18.4 Å². The number of aliphatic hydroxyl groups is 2. The number of rotatable bonds is 3. The molecule has 6 heteroatoms. The summed E-state index contributed by atoms with van der Waals surface area (Å²) in [7, 11) is 0. The summed E-state index contributed by atoms with van der Waals surface area (Å²) in [5, 5.41) is 33.0. The number of aromatic hydroxyl groups is 1. The molecule has 0 heterocycles. The number of aliphatic hydroxyl groups excluding tert-OH is 1. The lowest BCUT2D eigenvalue weighted by Gasteiger charge is -2.46. The predicted molar refractivity (Wildman–Crippen MR) is 120 cm³/mol. The molecule has 1 aromatic carbocycles. The first-order valence-corrected chi connectivity index (χ1v) is 11.0. The number of benzene rings is 1. The molecule has 0 spiro atoms. The van der Waals surface area contributed by atoms with Crippen LogP contribution in [0.25, 0.3) is 11.8 Å². The molecule has 3 aliphatic carbocycles. The quantitative estimate of drug-likeness (QED) is 0.490. The molecule has 1 saturated carbocycles. The Balaban J connectivity index is 1.90. The Morgan fingerprint density at radius 3 is 2.47 bits per heavy atom. The molecule has 1 fully saturated rings. The van der Waals surface area contributed by atoms with Gasteiger partial charge in [-0.3, -0.25) is 14.4 Å². The molecule has 3 unspecified atom stereocenters. The summed E-state index contributed by atoms with van der Waals surface area (Å²) in [6, 6.07) is 3.27. The first-order valence-electron chi connectivity index (χ1n) is 11.0. The number of phenols is 1. The van der Waals surface area contributed by atoms with E-state index in [0.717, 1.165) is 23.1 Å². The van der Waals surface area contributed by atoms with Crippen LogP contribution in [0.15, 0.2) is 34.4 Å². The number of carbonyl (C=O) groups excluding carboxylic acids is 3. The Morgan fingerprint density at radius 2 is 1.84 bits per heavy atom. The highest BCUT2D eigenvalue weighted by molar-refractivity contribution is 6.33. The number of Topliss-reactive ketones (excluding diaryl/α,β-unsaturated/α-hetero) is 3. The van der Waals surface area contributed by atoms with Gasteiger partial charge in [0.05, 0.1) is 11.1 Å². The molecule has 3 N–H and O–H groups in total. The lowest BCUT2D eigenvalue weighted by atomic mass is 9.57.